The van der Waals surface area contributed by atoms with E-state index in [-0.39, 0.29) is 0 Å². The lowest BCUT2D eigenvalue weighted by molar-refractivity contribution is 0.195. The van der Waals surface area contributed by atoms with Gasteiger partial charge < -0.3 is 4.74 Å². The van der Waals surface area contributed by atoms with Crippen molar-refractivity contribution in [1.82, 2.24) is 0 Å². The van der Waals surface area contributed by atoms with Gasteiger partial charge in [0.05, 0.1) is 13.2 Å². The molecule has 78 valence electrons. The number of aryl methyl sites for hydroxylation is 1. The van der Waals surface area contributed by atoms with Gasteiger partial charge in [0, 0.05) is 5.92 Å². The van der Waals surface area contributed by atoms with Gasteiger partial charge in [0.2, 0.25) is 0 Å². The fourth-order valence-corrected chi connectivity index (χ4v) is 1.76. The largest absolute Gasteiger partial charge is 0.376 e. The van der Waals surface area contributed by atoms with Gasteiger partial charge >= 0.3 is 0 Å². The molecule has 1 aromatic carbocycles. The lowest BCUT2D eigenvalue weighted by atomic mass is 10.00. The summed E-state index contributed by atoms with van der Waals surface area (Å²) in [5, 5.41) is 0. The molecule has 1 atom stereocenters. The molecule has 0 bridgehead atoms. The van der Waals surface area contributed by atoms with E-state index in [2.05, 4.69) is 43.8 Å². The van der Waals surface area contributed by atoms with Crippen LogP contribution in [0.2, 0.25) is 0 Å². The van der Waals surface area contributed by atoms with Crippen LogP contribution in [0.4, 0.5) is 0 Å². The van der Waals surface area contributed by atoms with Crippen LogP contribution in [0.3, 0.4) is 0 Å². The Labute approximate surface area is 91.1 Å². The number of hydrogen-bond donors (Lipinski definition) is 0. The van der Waals surface area contributed by atoms with Crippen molar-refractivity contribution >= 4 is 6.08 Å². The highest BCUT2D eigenvalue weighted by molar-refractivity contribution is 5.55. The van der Waals surface area contributed by atoms with Gasteiger partial charge in [0.15, 0.2) is 0 Å². The normalized spacial score (nSPS) is 23.3. The first-order valence-electron chi connectivity index (χ1n) is 5.27. The molecule has 1 unspecified atom stereocenters. The minimum atomic E-state index is 0.395. The molecule has 0 amide bonds. The maximum atomic E-state index is 5.42. The Morgan fingerprint density at radius 2 is 2.07 bits per heavy atom. The highest BCUT2D eigenvalue weighted by atomic mass is 16.5. The standard InChI is InChI=1S/C14H16O/c1-3-13-9-15-10-14(13)8-12-6-4-11(2)5-7-12/h3-8,13H,1,9-10H2,2H3/b14-8+. The van der Waals surface area contributed by atoms with Crippen molar-refractivity contribution in [3.8, 4) is 0 Å². The Bertz CT molecular complexity index is 373. The predicted molar refractivity (Wildman–Crippen MR) is 63.7 cm³/mol. The molecule has 1 saturated heterocycles. The van der Waals surface area contributed by atoms with Crippen LogP contribution >= 0.6 is 0 Å². The molecule has 15 heavy (non-hydrogen) atoms. The van der Waals surface area contributed by atoms with Crippen LogP contribution < -0.4 is 0 Å². The fourth-order valence-electron chi connectivity index (χ4n) is 1.76. The molecular formula is C14H16O. The Balaban J connectivity index is 2.22. The quantitative estimate of drug-likeness (QED) is 0.666. The van der Waals surface area contributed by atoms with Gasteiger partial charge in [-0.2, -0.15) is 0 Å². The van der Waals surface area contributed by atoms with Crippen molar-refractivity contribution in [2.75, 3.05) is 13.2 Å². The second-order valence-corrected chi connectivity index (χ2v) is 3.99. The average Bonchev–Trinajstić information content (AvgIpc) is 2.69. The number of rotatable bonds is 2. The number of benzene rings is 1. The molecule has 1 aliphatic heterocycles. The third-order valence-corrected chi connectivity index (χ3v) is 2.76. The highest BCUT2D eigenvalue weighted by Gasteiger charge is 2.17. The summed E-state index contributed by atoms with van der Waals surface area (Å²) in [5.74, 6) is 0.395. The van der Waals surface area contributed by atoms with Crippen molar-refractivity contribution in [2.45, 2.75) is 6.92 Å². The molecule has 2 rings (SSSR count). The third-order valence-electron chi connectivity index (χ3n) is 2.76. The van der Waals surface area contributed by atoms with Gasteiger partial charge in [-0.1, -0.05) is 42.0 Å². The van der Waals surface area contributed by atoms with Crippen molar-refractivity contribution in [3.05, 3.63) is 53.6 Å². The molecule has 0 spiro atoms. The second-order valence-electron chi connectivity index (χ2n) is 3.99. The van der Waals surface area contributed by atoms with Gasteiger partial charge in [0.25, 0.3) is 0 Å². The van der Waals surface area contributed by atoms with Crippen LogP contribution in [0.1, 0.15) is 11.1 Å². The van der Waals surface area contributed by atoms with Crippen molar-refractivity contribution in [1.29, 1.82) is 0 Å². The predicted octanol–water partition coefficient (Wildman–Crippen LogP) is 3.21. The summed E-state index contributed by atoms with van der Waals surface area (Å²) in [7, 11) is 0. The van der Waals surface area contributed by atoms with Crippen LogP contribution in [-0.4, -0.2) is 13.2 Å². The molecular weight excluding hydrogens is 184 g/mol. The lowest BCUT2D eigenvalue weighted by Gasteiger charge is -2.03. The smallest absolute Gasteiger partial charge is 0.0687 e. The van der Waals surface area contributed by atoms with Gasteiger partial charge in [-0.3, -0.25) is 0 Å². The van der Waals surface area contributed by atoms with Crippen molar-refractivity contribution in [2.24, 2.45) is 5.92 Å². The molecule has 1 heterocycles. The molecule has 1 fully saturated rings. The average molecular weight is 200 g/mol. The van der Waals surface area contributed by atoms with E-state index in [0.717, 1.165) is 13.2 Å². The molecule has 0 saturated carbocycles. The topological polar surface area (TPSA) is 9.23 Å². The fraction of sp³-hybridized carbons (Fsp3) is 0.286. The van der Waals surface area contributed by atoms with E-state index in [1.807, 2.05) is 6.08 Å². The Morgan fingerprint density at radius 3 is 2.73 bits per heavy atom. The first-order valence-corrected chi connectivity index (χ1v) is 5.27. The summed E-state index contributed by atoms with van der Waals surface area (Å²) >= 11 is 0. The molecule has 0 N–H and O–H groups in total. The van der Waals surface area contributed by atoms with Crippen LogP contribution in [0, 0.1) is 12.8 Å². The summed E-state index contributed by atoms with van der Waals surface area (Å²) in [6, 6.07) is 8.54. The summed E-state index contributed by atoms with van der Waals surface area (Å²) < 4.78 is 5.42. The van der Waals surface area contributed by atoms with Gasteiger partial charge in [-0.15, -0.1) is 6.58 Å². The zero-order valence-electron chi connectivity index (χ0n) is 9.07. The highest BCUT2D eigenvalue weighted by Crippen LogP contribution is 2.23. The summed E-state index contributed by atoms with van der Waals surface area (Å²) in [6.07, 6.45) is 4.17. The first-order chi connectivity index (χ1) is 7.29. The SMILES string of the molecule is C=CC1COC/C1=C\c1ccc(C)cc1. The minimum Gasteiger partial charge on any atom is -0.376 e. The molecule has 1 aromatic rings. The molecule has 0 radical (unpaired) electrons. The van der Waals surface area contributed by atoms with Crippen molar-refractivity contribution < 1.29 is 4.74 Å². The molecule has 0 aromatic heterocycles. The Kier molecular flexibility index (Phi) is 3.02. The molecule has 1 aliphatic rings. The van der Waals surface area contributed by atoms with E-state index < -0.39 is 0 Å². The van der Waals surface area contributed by atoms with Gasteiger partial charge in [0.1, 0.15) is 0 Å². The van der Waals surface area contributed by atoms with Gasteiger partial charge in [-0.25, -0.2) is 0 Å². The first kappa shape index (κ1) is 10.2. The number of ether oxygens (including phenoxy) is 1. The monoisotopic (exact) mass is 200 g/mol. The van der Waals surface area contributed by atoms with Crippen molar-refractivity contribution in [3.63, 3.8) is 0 Å². The van der Waals surface area contributed by atoms with E-state index in [9.17, 15) is 0 Å². The summed E-state index contributed by atoms with van der Waals surface area (Å²) in [6.45, 7) is 7.45. The maximum Gasteiger partial charge on any atom is 0.0687 e. The maximum absolute atomic E-state index is 5.42. The van der Waals surface area contributed by atoms with Crippen LogP contribution in [0.5, 0.6) is 0 Å². The third kappa shape index (κ3) is 2.37. The van der Waals surface area contributed by atoms with E-state index in [0.29, 0.717) is 5.92 Å². The van der Waals surface area contributed by atoms with Crippen LogP contribution in [0.25, 0.3) is 6.08 Å². The Morgan fingerprint density at radius 1 is 1.33 bits per heavy atom. The molecule has 1 nitrogen and oxygen atoms in total. The van der Waals surface area contributed by atoms with E-state index in [4.69, 9.17) is 4.74 Å². The van der Waals surface area contributed by atoms with Gasteiger partial charge in [-0.05, 0) is 18.1 Å². The summed E-state index contributed by atoms with van der Waals surface area (Å²) in [5.41, 5.74) is 3.86. The number of hydrogen-bond acceptors (Lipinski definition) is 1. The molecule has 1 heteroatoms. The minimum absolute atomic E-state index is 0.395. The van der Waals surface area contributed by atoms with E-state index in [1.54, 1.807) is 0 Å². The second kappa shape index (κ2) is 4.45. The van der Waals surface area contributed by atoms with Crippen LogP contribution in [-0.2, 0) is 4.74 Å². The zero-order chi connectivity index (χ0) is 10.7. The van der Waals surface area contributed by atoms with E-state index >= 15 is 0 Å². The Hall–Kier alpha value is -1.34. The lowest BCUT2D eigenvalue weighted by Crippen LogP contribution is -1.96. The van der Waals surface area contributed by atoms with E-state index in [1.165, 1.54) is 16.7 Å². The van der Waals surface area contributed by atoms with Crippen LogP contribution in [0.15, 0.2) is 42.5 Å². The molecule has 0 aliphatic carbocycles. The summed E-state index contributed by atoms with van der Waals surface area (Å²) in [4.78, 5) is 0. The zero-order valence-corrected chi connectivity index (χ0v) is 9.07.